The summed E-state index contributed by atoms with van der Waals surface area (Å²) in [6, 6.07) is 8.17. The Morgan fingerprint density at radius 3 is 2.89 bits per heavy atom. The Kier molecular flexibility index (Phi) is 4.56. The summed E-state index contributed by atoms with van der Waals surface area (Å²) in [5.41, 5.74) is 2.36. The number of carbonyl (C=O) groups excluding carboxylic acids is 1. The largest absolute Gasteiger partial charge is 0.377 e. The molecule has 1 saturated heterocycles. The fourth-order valence-electron chi connectivity index (χ4n) is 2.53. The molecule has 1 aliphatic rings. The minimum atomic E-state index is -0.0309. The molecule has 1 aromatic carbocycles. The predicted octanol–water partition coefficient (Wildman–Crippen LogP) is 1.85. The van der Waals surface area contributed by atoms with Crippen molar-refractivity contribution in [2.75, 3.05) is 19.7 Å². The highest BCUT2D eigenvalue weighted by atomic mass is 16.5. The average Bonchev–Trinajstić information content (AvgIpc) is 2.72. The summed E-state index contributed by atoms with van der Waals surface area (Å²) in [5.74, 6) is 0.139. The highest BCUT2D eigenvalue weighted by Gasteiger charge is 2.33. The topological polar surface area (TPSA) is 41.6 Å². The van der Waals surface area contributed by atoms with E-state index < -0.39 is 0 Å². The molecule has 0 bridgehead atoms. The van der Waals surface area contributed by atoms with Crippen molar-refractivity contribution in [1.82, 2.24) is 10.2 Å². The molecule has 2 atom stereocenters. The van der Waals surface area contributed by atoms with Gasteiger partial charge in [0.15, 0.2) is 0 Å². The van der Waals surface area contributed by atoms with Crippen molar-refractivity contribution in [3.63, 3.8) is 0 Å². The number of nitrogens with zero attached hydrogens (tertiary/aromatic N) is 1. The van der Waals surface area contributed by atoms with Crippen LogP contribution in [0.3, 0.4) is 0 Å². The summed E-state index contributed by atoms with van der Waals surface area (Å²) in [4.78, 5) is 13.9. The maximum atomic E-state index is 12.0. The Bertz CT molecular complexity index is 448. The summed E-state index contributed by atoms with van der Waals surface area (Å²) in [7, 11) is 0. The zero-order valence-corrected chi connectivity index (χ0v) is 11.8. The van der Waals surface area contributed by atoms with E-state index in [2.05, 4.69) is 24.4 Å². The lowest BCUT2D eigenvalue weighted by molar-refractivity contribution is -0.129. The lowest BCUT2D eigenvalue weighted by Gasteiger charge is -2.28. The fourth-order valence-corrected chi connectivity index (χ4v) is 2.53. The standard InChI is InChI=1S/C15H22N2O2/c1-4-19-12(3)10-17-14(18)9-16-15(17)13-8-6-5-7-11(13)2/h5-8,12,15-16H,4,9-10H2,1-3H3. The van der Waals surface area contributed by atoms with Gasteiger partial charge in [0, 0.05) is 13.2 Å². The molecular formula is C15H22N2O2. The molecule has 19 heavy (non-hydrogen) atoms. The number of aryl methyl sites for hydroxylation is 1. The van der Waals surface area contributed by atoms with Crippen molar-refractivity contribution in [3.8, 4) is 0 Å². The SMILES string of the molecule is CCOC(C)CN1C(=O)CNC1c1ccccc1C. The van der Waals surface area contributed by atoms with Gasteiger partial charge in [0.2, 0.25) is 5.91 Å². The van der Waals surface area contributed by atoms with Crippen LogP contribution in [0.2, 0.25) is 0 Å². The maximum Gasteiger partial charge on any atom is 0.238 e. The molecule has 1 fully saturated rings. The number of hydrogen-bond donors (Lipinski definition) is 1. The van der Waals surface area contributed by atoms with Crippen molar-refractivity contribution in [3.05, 3.63) is 35.4 Å². The number of rotatable bonds is 5. The summed E-state index contributed by atoms with van der Waals surface area (Å²) >= 11 is 0. The Hall–Kier alpha value is -1.39. The summed E-state index contributed by atoms with van der Waals surface area (Å²) in [6.07, 6.45) is 0.0250. The molecule has 2 rings (SSSR count). The number of ether oxygens (including phenoxy) is 1. The number of amides is 1. The third-order valence-electron chi connectivity index (χ3n) is 3.47. The molecule has 0 spiro atoms. The molecule has 0 aromatic heterocycles. The summed E-state index contributed by atoms with van der Waals surface area (Å²) in [5, 5.41) is 3.28. The van der Waals surface area contributed by atoms with Gasteiger partial charge in [-0.1, -0.05) is 24.3 Å². The zero-order chi connectivity index (χ0) is 13.8. The van der Waals surface area contributed by atoms with Gasteiger partial charge >= 0.3 is 0 Å². The van der Waals surface area contributed by atoms with Crippen LogP contribution in [0.4, 0.5) is 0 Å². The molecule has 1 aromatic rings. The third-order valence-corrected chi connectivity index (χ3v) is 3.47. The Morgan fingerprint density at radius 1 is 1.47 bits per heavy atom. The molecule has 4 heteroatoms. The van der Waals surface area contributed by atoms with Crippen LogP contribution in [0, 0.1) is 6.92 Å². The summed E-state index contributed by atoms with van der Waals surface area (Å²) < 4.78 is 5.54. The van der Waals surface area contributed by atoms with Gasteiger partial charge in [-0.3, -0.25) is 10.1 Å². The van der Waals surface area contributed by atoms with Gasteiger partial charge in [-0.2, -0.15) is 0 Å². The van der Waals surface area contributed by atoms with E-state index in [0.29, 0.717) is 19.7 Å². The highest BCUT2D eigenvalue weighted by molar-refractivity contribution is 5.81. The molecule has 1 N–H and O–H groups in total. The van der Waals surface area contributed by atoms with E-state index >= 15 is 0 Å². The lowest BCUT2D eigenvalue weighted by atomic mass is 10.1. The van der Waals surface area contributed by atoms with E-state index in [0.717, 1.165) is 5.56 Å². The van der Waals surface area contributed by atoms with Crippen LogP contribution in [-0.4, -0.2) is 36.6 Å². The third kappa shape index (κ3) is 3.14. The van der Waals surface area contributed by atoms with Gasteiger partial charge < -0.3 is 9.64 Å². The average molecular weight is 262 g/mol. The van der Waals surface area contributed by atoms with Crippen LogP contribution in [0.5, 0.6) is 0 Å². The molecule has 0 aliphatic carbocycles. The summed E-state index contributed by atoms with van der Waals surface area (Å²) in [6.45, 7) is 7.75. The first-order valence-corrected chi connectivity index (χ1v) is 6.83. The van der Waals surface area contributed by atoms with E-state index in [1.54, 1.807) is 0 Å². The minimum Gasteiger partial charge on any atom is -0.377 e. The molecule has 1 heterocycles. The predicted molar refractivity (Wildman–Crippen MR) is 74.7 cm³/mol. The van der Waals surface area contributed by atoms with Gasteiger partial charge in [-0.05, 0) is 31.9 Å². The van der Waals surface area contributed by atoms with Gasteiger partial charge in [-0.15, -0.1) is 0 Å². The molecule has 1 amide bonds. The minimum absolute atomic E-state index is 0.0309. The second kappa shape index (κ2) is 6.17. The quantitative estimate of drug-likeness (QED) is 0.880. The molecule has 1 aliphatic heterocycles. The highest BCUT2D eigenvalue weighted by Crippen LogP contribution is 2.25. The van der Waals surface area contributed by atoms with E-state index in [1.165, 1.54) is 5.56 Å². The lowest BCUT2D eigenvalue weighted by Crippen LogP contribution is -2.37. The molecule has 4 nitrogen and oxygen atoms in total. The van der Waals surface area contributed by atoms with E-state index in [-0.39, 0.29) is 18.2 Å². The van der Waals surface area contributed by atoms with Gasteiger partial charge in [0.05, 0.1) is 12.6 Å². The van der Waals surface area contributed by atoms with E-state index in [4.69, 9.17) is 4.74 Å². The first-order valence-electron chi connectivity index (χ1n) is 6.83. The van der Waals surface area contributed by atoms with Crippen molar-refractivity contribution < 1.29 is 9.53 Å². The van der Waals surface area contributed by atoms with E-state index in [1.807, 2.05) is 30.9 Å². The van der Waals surface area contributed by atoms with Crippen molar-refractivity contribution >= 4 is 5.91 Å². The van der Waals surface area contributed by atoms with Crippen molar-refractivity contribution in [2.24, 2.45) is 0 Å². The molecular weight excluding hydrogens is 240 g/mol. The van der Waals surface area contributed by atoms with Crippen LogP contribution in [-0.2, 0) is 9.53 Å². The van der Waals surface area contributed by atoms with Crippen LogP contribution >= 0.6 is 0 Å². The monoisotopic (exact) mass is 262 g/mol. The number of carbonyl (C=O) groups is 1. The Morgan fingerprint density at radius 2 is 2.21 bits per heavy atom. The number of hydrogen-bond acceptors (Lipinski definition) is 3. The van der Waals surface area contributed by atoms with Gasteiger partial charge in [0.25, 0.3) is 0 Å². The van der Waals surface area contributed by atoms with Crippen LogP contribution in [0.25, 0.3) is 0 Å². The van der Waals surface area contributed by atoms with E-state index in [9.17, 15) is 4.79 Å². The van der Waals surface area contributed by atoms with Crippen molar-refractivity contribution in [2.45, 2.75) is 33.0 Å². The second-order valence-corrected chi connectivity index (χ2v) is 4.95. The Balaban J connectivity index is 2.15. The smallest absolute Gasteiger partial charge is 0.238 e. The maximum absolute atomic E-state index is 12.0. The number of nitrogens with one attached hydrogen (secondary N) is 1. The van der Waals surface area contributed by atoms with Crippen LogP contribution in [0.15, 0.2) is 24.3 Å². The first kappa shape index (κ1) is 14.0. The second-order valence-electron chi connectivity index (χ2n) is 4.95. The van der Waals surface area contributed by atoms with Crippen molar-refractivity contribution in [1.29, 1.82) is 0 Å². The van der Waals surface area contributed by atoms with Crippen LogP contribution in [0.1, 0.15) is 31.1 Å². The fraction of sp³-hybridized carbons (Fsp3) is 0.533. The zero-order valence-electron chi connectivity index (χ0n) is 11.8. The van der Waals surface area contributed by atoms with Gasteiger partial charge in [-0.25, -0.2) is 0 Å². The van der Waals surface area contributed by atoms with Gasteiger partial charge in [0.1, 0.15) is 6.17 Å². The Labute approximate surface area is 114 Å². The normalized spacial score (nSPS) is 20.9. The molecule has 0 radical (unpaired) electrons. The number of benzene rings is 1. The molecule has 0 saturated carbocycles. The van der Waals surface area contributed by atoms with Crippen LogP contribution < -0.4 is 5.32 Å². The first-order chi connectivity index (χ1) is 9.13. The molecule has 2 unspecified atom stereocenters. The molecule has 104 valence electrons.